The second-order valence-electron chi connectivity index (χ2n) is 10.9. The maximum Gasteiger partial charge on any atom is 0.355 e. The van der Waals surface area contributed by atoms with E-state index in [1.165, 1.54) is 24.0 Å². The molecular formula is C31H31FN10O3. The molecule has 1 saturated heterocycles. The fourth-order valence-corrected chi connectivity index (χ4v) is 6.01. The van der Waals surface area contributed by atoms with Crippen molar-refractivity contribution in [1.29, 1.82) is 0 Å². The number of pyridine rings is 1. The summed E-state index contributed by atoms with van der Waals surface area (Å²) in [6.45, 7) is 5.76. The Morgan fingerprint density at radius 2 is 1.93 bits per heavy atom. The predicted octanol–water partition coefficient (Wildman–Crippen LogP) is 3.82. The van der Waals surface area contributed by atoms with E-state index in [4.69, 9.17) is 19.9 Å². The van der Waals surface area contributed by atoms with Gasteiger partial charge < -0.3 is 24.4 Å². The smallest absolute Gasteiger partial charge is 0.355 e. The number of fused-ring (bicyclic) bond motifs is 3. The first kappa shape index (κ1) is 28.4. The number of aryl methyl sites for hydroxylation is 1. The van der Waals surface area contributed by atoms with E-state index in [0.29, 0.717) is 83.8 Å². The number of nitrogens with two attached hydrogens (primary N) is 1. The van der Waals surface area contributed by atoms with Crippen molar-refractivity contribution in [2.75, 3.05) is 50.5 Å². The minimum Gasteiger partial charge on any atom is -0.464 e. The van der Waals surface area contributed by atoms with E-state index < -0.39 is 5.97 Å². The summed E-state index contributed by atoms with van der Waals surface area (Å²) < 4.78 is 28.9. The molecule has 0 spiro atoms. The number of methoxy groups -OCH3 is 1. The van der Waals surface area contributed by atoms with Crippen molar-refractivity contribution in [1.82, 2.24) is 39.0 Å². The zero-order valence-corrected chi connectivity index (χ0v) is 24.9. The summed E-state index contributed by atoms with van der Waals surface area (Å²) >= 11 is 0. The molecule has 0 unspecified atom stereocenters. The van der Waals surface area contributed by atoms with Crippen LogP contribution in [0.5, 0.6) is 0 Å². The van der Waals surface area contributed by atoms with Gasteiger partial charge in [0.2, 0.25) is 17.7 Å². The van der Waals surface area contributed by atoms with Crippen LogP contribution in [0.2, 0.25) is 0 Å². The quantitative estimate of drug-likeness (QED) is 0.263. The summed E-state index contributed by atoms with van der Waals surface area (Å²) in [5, 5.41) is 5.22. The number of aromatic nitrogens is 7. The summed E-state index contributed by atoms with van der Waals surface area (Å²) in [5.41, 5.74) is 10.3. The fraction of sp³-hybridized carbons (Fsp3) is 0.290. The lowest BCUT2D eigenvalue weighted by molar-refractivity contribution is 0.0587. The van der Waals surface area contributed by atoms with Crippen LogP contribution in [-0.4, -0.2) is 84.8 Å². The molecule has 7 rings (SSSR count). The minimum absolute atomic E-state index is 0.141. The average molecular weight is 611 g/mol. The van der Waals surface area contributed by atoms with Gasteiger partial charge in [-0.15, -0.1) is 5.10 Å². The molecule has 45 heavy (non-hydrogen) atoms. The highest BCUT2D eigenvalue weighted by molar-refractivity contribution is 6.03. The largest absolute Gasteiger partial charge is 0.464 e. The zero-order chi connectivity index (χ0) is 31.1. The number of anilines is 2. The van der Waals surface area contributed by atoms with Gasteiger partial charge in [0.25, 0.3) is 0 Å². The molecule has 1 aliphatic heterocycles. The highest BCUT2D eigenvalue weighted by atomic mass is 19.1. The number of carbonyl (C=O) groups is 1. The third-order valence-corrected chi connectivity index (χ3v) is 8.21. The van der Waals surface area contributed by atoms with Gasteiger partial charge in [0.1, 0.15) is 29.1 Å². The van der Waals surface area contributed by atoms with Gasteiger partial charge >= 0.3 is 5.97 Å². The first-order valence-corrected chi connectivity index (χ1v) is 14.6. The number of benzene rings is 1. The monoisotopic (exact) mass is 610 g/mol. The Hall–Kier alpha value is -5.37. The summed E-state index contributed by atoms with van der Waals surface area (Å²) in [4.78, 5) is 35.4. The molecule has 0 aliphatic carbocycles. The molecule has 13 nitrogen and oxygen atoms in total. The molecule has 1 fully saturated rings. The van der Waals surface area contributed by atoms with Crippen LogP contribution in [0.3, 0.4) is 0 Å². The maximum absolute atomic E-state index is 15.0. The van der Waals surface area contributed by atoms with Crippen molar-refractivity contribution in [3.8, 4) is 23.0 Å². The number of nitrogen functional groups attached to an aromatic ring is 1. The van der Waals surface area contributed by atoms with Crippen molar-refractivity contribution in [3.63, 3.8) is 0 Å². The van der Waals surface area contributed by atoms with Gasteiger partial charge in [0.05, 0.1) is 24.4 Å². The van der Waals surface area contributed by atoms with Crippen LogP contribution in [0.4, 0.5) is 16.0 Å². The average Bonchev–Trinajstić information content (AvgIpc) is 3.76. The van der Waals surface area contributed by atoms with Crippen LogP contribution in [0.1, 0.15) is 22.5 Å². The minimum atomic E-state index is -0.477. The Bertz CT molecular complexity index is 2010. The fourth-order valence-electron chi connectivity index (χ4n) is 6.01. The van der Waals surface area contributed by atoms with Crippen LogP contribution < -0.4 is 10.6 Å². The molecule has 1 aromatic carbocycles. The lowest BCUT2D eigenvalue weighted by Crippen LogP contribution is -2.33. The first-order chi connectivity index (χ1) is 21.9. The summed E-state index contributed by atoms with van der Waals surface area (Å²) in [7, 11) is 1.36. The van der Waals surface area contributed by atoms with Crippen LogP contribution in [0.25, 0.3) is 39.7 Å². The van der Waals surface area contributed by atoms with E-state index in [1.807, 2.05) is 29.7 Å². The molecule has 2 N–H and O–H groups in total. The van der Waals surface area contributed by atoms with Crippen molar-refractivity contribution in [2.45, 2.75) is 19.9 Å². The van der Waals surface area contributed by atoms with Crippen molar-refractivity contribution < 1.29 is 18.3 Å². The number of carbonyl (C=O) groups excluding carboxylic acids is 1. The summed E-state index contributed by atoms with van der Waals surface area (Å²) in [5.74, 6) is 0.233. The van der Waals surface area contributed by atoms with Crippen molar-refractivity contribution >= 4 is 34.3 Å². The summed E-state index contributed by atoms with van der Waals surface area (Å²) in [6.07, 6.45) is 5.58. The molecule has 0 saturated carbocycles. The van der Waals surface area contributed by atoms with Gasteiger partial charge in [-0.05, 0) is 55.8 Å². The van der Waals surface area contributed by atoms with Crippen LogP contribution in [-0.2, 0) is 11.3 Å². The molecule has 14 heteroatoms. The highest BCUT2D eigenvalue weighted by Gasteiger charge is 2.27. The number of esters is 1. The Balaban J connectivity index is 1.17. The second kappa shape index (κ2) is 11.6. The number of oxazole rings is 1. The van der Waals surface area contributed by atoms with Crippen LogP contribution >= 0.6 is 0 Å². The normalized spacial score (nSPS) is 14.3. The number of halogens is 1. The topological polar surface area (TPSA) is 146 Å². The van der Waals surface area contributed by atoms with Crippen LogP contribution in [0.15, 0.2) is 59.5 Å². The first-order valence-electron chi connectivity index (χ1n) is 14.6. The van der Waals surface area contributed by atoms with Crippen molar-refractivity contribution in [2.24, 2.45) is 0 Å². The van der Waals surface area contributed by atoms with Crippen molar-refractivity contribution in [3.05, 3.63) is 72.1 Å². The molecule has 0 atom stereocenters. The number of rotatable bonds is 7. The predicted molar refractivity (Wildman–Crippen MR) is 165 cm³/mol. The third-order valence-electron chi connectivity index (χ3n) is 8.21. The van der Waals surface area contributed by atoms with Gasteiger partial charge in [-0.25, -0.2) is 19.2 Å². The van der Waals surface area contributed by atoms with Gasteiger partial charge in [0.15, 0.2) is 5.65 Å². The molecular weight excluding hydrogens is 579 g/mol. The third kappa shape index (κ3) is 5.12. The Kier molecular flexibility index (Phi) is 7.33. The number of nitrogens with zero attached hydrogens (tertiary/aromatic N) is 9. The van der Waals surface area contributed by atoms with E-state index in [1.54, 1.807) is 24.5 Å². The SMILES string of the molecule is COC(=O)c1c(C)c2c(nc(N)n3nc(-c4ccccn4)nc23)n1CCN1CCCN(c2cc(-c3ncco3)ccc2F)CC1. The molecule has 5 aromatic heterocycles. The van der Waals surface area contributed by atoms with E-state index in [0.717, 1.165) is 18.5 Å². The lowest BCUT2D eigenvalue weighted by atomic mass is 10.1. The van der Waals surface area contributed by atoms with E-state index in [9.17, 15) is 9.18 Å². The number of ether oxygens (including phenoxy) is 1. The number of hydrogen-bond acceptors (Lipinski definition) is 11. The second-order valence-corrected chi connectivity index (χ2v) is 10.9. The Morgan fingerprint density at radius 3 is 2.71 bits per heavy atom. The van der Waals surface area contributed by atoms with E-state index in [-0.39, 0.29) is 11.8 Å². The lowest BCUT2D eigenvalue weighted by Gasteiger charge is -2.24. The molecule has 6 heterocycles. The van der Waals surface area contributed by atoms with Gasteiger partial charge in [-0.1, -0.05) is 6.07 Å². The molecule has 0 amide bonds. The molecule has 6 aromatic rings. The van der Waals surface area contributed by atoms with E-state index in [2.05, 4.69) is 29.9 Å². The molecule has 0 radical (unpaired) electrons. The Labute approximate surface area is 257 Å². The van der Waals surface area contributed by atoms with Gasteiger partial charge in [-0.3, -0.25) is 9.88 Å². The Morgan fingerprint density at radius 1 is 1.04 bits per heavy atom. The maximum atomic E-state index is 15.0. The summed E-state index contributed by atoms with van der Waals surface area (Å²) in [6, 6.07) is 10.4. The molecule has 0 bridgehead atoms. The standard InChI is InChI=1S/C31H31FN10O3/c1-19-24-27(37-31(33)42-28(24)36-26(38-42)22-6-3-4-9-34-22)41(25(19)30(43)44-2)16-14-39-11-5-12-40(15-13-39)23-18-20(7-8-21(23)32)29-35-10-17-45-29/h3-4,6-10,17-18H,5,11-16H2,1-2H3,(H2,33,37). The van der Waals surface area contributed by atoms with Gasteiger partial charge in [0, 0.05) is 44.5 Å². The number of hydrogen-bond donors (Lipinski definition) is 1. The molecule has 1 aliphatic rings. The zero-order valence-electron chi connectivity index (χ0n) is 24.9. The highest BCUT2D eigenvalue weighted by Crippen LogP contribution is 2.31. The van der Waals surface area contributed by atoms with E-state index >= 15 is 0 Å². The molecule has 230 valence electrons. The van der Waals surface area contributed by atoms with Gasteiger partial charge in [-0.2, -0.15) is 9.50 Å². The van der Waals surface area contributed by atoms with Crippen LogP contribution in [0, 0.1) is 12.7 Å².